The van der Waals surface area contributed by atoms with Crippen molar-refractivity contribution in [3.63, 3.8) is 0 Å². The van der Waals surface area contributed by atoms with Gasteiger partial charge in [0, 0.05) is 6.04 Å². The molecule has 0 aliphatic rings. The van der Waals surface area contributed by atoms with Crippen molar-refractivity contribution in [3.05, 3.63) is 70.8 Å². The molecule has 0 amide bonds. The Balaban J connectivity index is 1.91. The van der Waals surface area contributed by atoms with Gasteiger partial charge in [0.25, 0.3) is 0 Å². The van der Waals surface area contributed by atoms with Gasteiger partial charge in [0.1, 0.15) is 0 Å². The van der Waals surface area contributed by atoms with Crippen LogP contribution < -0.4 is 5.32 Å². The van der Waals surface area contributed by atoms with Crippen LogP contribution in [0, 0.1) is 19.8 Å². The highest BCUT2D eigenvalue weighted by Crippen LogP contribution is 2.24. The normalized spacial score (nSPS) is 12.6. The lowest BCUT2D eigenvalue weighted by atomic mass is 9.93. The summed E-state index contributed by atoms with van der Waals surface area (Å²) in [4.78, 5) is 0. The van der Waals surface area contributed by atoms with Gasteiger partial charge >= 0.3 is 0 Å². The van der Waals surface area contributed by atoms with E-state index in [1.165, 1.54) is 35.1 Å². The predicted octanol–water partition coefficient (Wildman–Crippen LogP) is 5.61. The average molecular weight is 309 g/mol. The Morgan fingerprint density at radius 3 is 2.17 bits per heavy atom. The Morgan fingerprint density at radius 2 is 1.52 bits per heavy atom. The molecule has 2 aromatic carbocycles. The molecule has 1 unspecified atom stereocenters. The van der Waals surface area contributed by atoms with Gasteiger partial charge < -0.3 is 5.32 Å². The molecule has 0 heterocycles. The van der Waals surface area contributed by atoms with Gasteiger partial charge in [-0.2, -0.15) is 0 Å². The van der Waals surface area contributed by atoms with Crippen LogP contribution in [-0.4, -0.2) is 6.54 Å². The van der Waals surface area contributed by atoms with Gasteiger partial charge in [-0.15, -0.1) is 0 Å². The van der Waals surface area contributed by atoms with Gasteiger partial charge in [0.15, 0.2) is 0 Å². The number of aryl methyl sites for hydroxylation is 3. The molecule has 2 aromatic rings. The highest BCUT2D eigenvalue weighted by molar-refractivity contribution is 5.29. The molecule has 0 aliphatic heterocycles. The molecule has 0 aromatic heterocycles. The topological polar surface area (TPSA) is 12.0 Å². The summed E-state index contributed by atoms with van der Waals surface area (Å²) in [5, 5.41) is 3.80. The van der Waals surface area contributed by atoms with E-state index in [2.05, 4.69) is 81.5 Å². The number of nitrogens with one attached hydrogen (secondary N) is 1. The van der Waals surface area contributed by atoms with Crippen LogP contribution in [0.3, 0.4) is 0 Å². The summed E-state index contributed by atoms with van der Waals surface area (Å²) in [5.41, 5.74) is 5.73. The zero-order valence-electron chi connectivity index (χ0n) is 15.1. The van der Waals surface area contributed by atoms with Crippen LogP contribution in [0.4, 0.5) is 0 Å². The second-order valence-electron chi connectivity index (χ2n) is 7.02. The van der Waals surface area contributed by atoms with Crippen molar-refractivity contribution in [2.24, 2.45) is 5.92 Å². The van der Waals surface area contributed by atoms with E-state index in [0.29, 0.717) is 12.0 Å². The molecule has 1 N–H and O–H groups in total. The van der Waals surface area contributed by atoms with Crippen molar-refractivity contribution in [2.45, 2.75) is 53.0 Å². The van der Waals surface area contributed by atoms with Gasteiger partial charge in [0.05, 0.1) is 0 Å². The van der Waals surface area contributed by atoms with Gasteiger partial charge in [-0.3, -0.25) is 0 Å². The minimum atomic E-state index is 0.466. The lowest BCUT2D eigenvalue weighted by Crippen LogP contribution is -2.25. The van der Waals surface area contributed by atoms with Crippen molar-refractivity contribution in [1.82, 2.24) is 5.32 Å². The quantitative estimate of drug-likeness (QED) is 0.625. The third-order valence-electron chi connectivity index (χ3n) is 4.55. The molecule has 1 nitrogen and oxygen atoms in total. The fourth-order valence-electron chi connectivity index (χ4n) is 3.22. The van der Waals surface area contributed by atoms with Crippen molar-refractivity contribution in [3.8, 4) is 0 Å². The summed E-state index contributed by atoms with van der Waals surface area (Å²) >= 11 is 0. The molecule has 0 saturated heterocycles. The summed E-state index contributed by atoms with van der Waals surface area (Å²) in [6.45, 7) is 10.1. The molecule has 124 valence electrons. The molecule has 0 aliphatic carbocycles. The van der Waals surface area contributed by atoms with Crippen LogP contribution >= 0.6 is 0 Å². The lowest BCUT2D eigenvalue weighted by molar-refractivity contribution is 0.426. The SMILES string of the molecule is Cc1ccccc1CCCNC(CC(C)C)c1ccccc1C. The van der Waals surface area contributed by atoms with E-state index in [1.54, 1.807) is 0 Å². The maximum atomic E-state index is 3.80. The number of hydrogen-bond donors (Lipinski definition) is 1. The van der Waals surface area contributed by atoms with Crippen molar-refractivity contribution in [2.75, 3.05) is 6.54 Å². The molecular formula is C22H31N. The lowest BCUT2D eigenvalue weighted by Gasteiger charge is -2.23. The van der Waals surface area contributed by atoms with Gasteiger partial charge in [0.2, 0.25) is 0 Å². The van der Waals surface area contributed by atoms with Crippen LogP contribution in [0.5, 0.6) is 0 Å². The van der Waals surface area contributed by atoms with Crippen LogP contribution in [0.1, 0.15) is 55.0 Å². The van der Waals surface area contributed by atoms with Gasteiger partial charge in [-0.25, -0.2) is 0 Å². The van der Waals surface area contributed by atoms with Crippen molar-refractivity contribution >= 4 is 0 Å². The minimum absolute atomic E-state index is 0.466. The molecule has 2 rings (SSSR count). The number of rotatable bonds is 8. The summed E-state index contributed by atoms with van der Waals surface area (Å²) in [7, 11) is 0. The zero-order chi connectivity index (χ0) is 16.7. The van der Waals surface area contributed by atoms with Crippen LogP contribution in [0.25, 0.3) is 0 Å². The maximum Gasteiger partial charge on any atom is 0.0325 e. The van der Waals surface area contributed by atoms with E-state index >= 15 is 0 Å². The Bertz CT molecular complexity index is 600. The molecule has 1 heteroatoms. The Hall–Kier alpha value is -1.60. The van der Waals surface area contributed by atoms with Crippen LogP contribution in [-0.2, 0) is 6.42 Å². The smallest absolute Gasteiger partial charge is 0.0325 e. The third kappa shape index (κ3) is 5.51. The Labute approximate surface area is 142 Å². The second-order valence-corrected chi connectivity index (χ2v) is 7.02. The van der Waals surface area contributed by atoms with Crippen molar-refractivity contribution in [1.29, 1.82) is 0 Å². The molecule has 23 heavy (non-hydrogen) atoms. The second kappa shape index (κ2) is 8.88. The highest BCUT2D eigenvalue weighted by atomic mass is 14.9. The van der Waals surface area contributed by atoms with E-state index < -0.39 is 0 Å². The molecule has 0 spiro atoms. The predicted molar refractivity (Wildman–Crippen MR) is 101 cm³/mol. The fourth-order valence-corrected chi connectivity index (χ4v) is 3.22. The van der Waals surface area contributed by atoms with Gasteiger partial charge in [-0.05, 0) is 67.8 Å². The summed E-state index contributed by atoms with van der Waals surface area (Å²) in [6, 6.07) is 18.0. The van der Waals surface area contributed by atoms with E-state index in [0.717, 1.165) is 13.0 Å². The van der Waals surface area contributed by atoms with Crippen LogP contribution in [0.15, 0.2) is 48.5 Å². The summed E-state index contributed by atoms with van der Waals surface area (Å²) in [6.07, 6.45) is 3.53. The molecule has 0 bridgehead atoms. The summed E-state index contributed by atoms with van der Waals surface area (Å²) in [5.74, 6) is 0.698. The van der Waals surface area contributed by atoms with E-state index in [-0.39, 0.29) is 0 Å². The zero-order valence-corrected chi connectivity index (χ0v) is 15.1. The number of hydrogen-bond acceptors (Lipinski definition) is 1. The van der Waals surface area contributed by atoms with Gasteiger partial charge in [-0.1, -0.05) is 62.4 Å². The van der Waals surface area contributed by atoms with E-state index in [1.807, 2.05) is 0 Å². The van der Waals surface area contributed by atoms with Crippen molar-refractivity contribution < 1.29 is 0 Å². The summed E-state index contributed by atoms with van der Waals surface area (Å²) < 4.78 is 0. The first-order valence-electron chi connectivity index (χ1n) is 8.91. The standard InChI is InChI=1S/C22H31N/c1-17(2)16-22(21-14-8-6-11-19(21)4)23-15-9-13-20-12-7-5-10-18(20)3/h5-8,10-12,14,17,22-23H,9,13,15-16H2,1-4H3. The fraction of sp³-hybridized carbons (Fsp3) is 0.455. The minimum Gasteiger partial charge on any atom is -0.310 e. The first kappa shape index (κ1) is 17.7. The third-order valence-corrected chi connectivity index (χ3v) is 4.55. The largest absolute Gasteiger partial charge is 0.310 e. The molecule has 0 fully saturated rings. The Kier molecular flexibility index (Phi) is 6.85. The average Bonchev–Trinajstić information content (AvgIpc) is 2.52. The highest BCUT2D eigenvalue weighted by Gasteiger charge is 2.14. The molecule has 0 saturated carbocycles. The van der Waals surface area contributed by atoms with E-state index in [9.17, 15) is 0 Å². The monoisotopic (exact) mass is 309 g/mol. The molecule has 0 radical (unpaired) electrons. The molecule has 1 atom stereocenters. The molecular weight excluding hydrogens is 278 g/mol. The van der Waals surface area contributed by atoms with Crippen LogP contribution in [0.2, 0.25) is 0 Å². The number of benzene rings is 2. The van der Waals surface area contributed by atoms with E-state index in [4.69, 9.17) is 0 Å². The Morgan fingerprint density at radius 1 is 0.870 bits per heavy atom. The first-order valence-corrected chi connectivity index (χ1v) is 8.91. The maximum absolute atomic E-state index is 3.80. The first-order chi connectivity index (χ1) is 11.1.